The van der Waals surface area contributed by atoms with E-state index in [0.29, 0.717) is 6.42 Å². The van der Waals surface area contributed by atoms with E-state index in [4.69, 9.17) is 5.11 Å². The summed E-state index contributed by atoms with van der Waals surface area (Å²) in [5.74, 6) is -0.646. The fourth-order valence-electron chi connectivity index (χ4n) is 1.75. The molecular weight excluding hydrogens is 166 g/mol. The number of aliphatic carboxylic acids is 1. The Morgan fingerprint density at radius 3 is 2.62 bits per heavy atom. The molecule has 0 spiro atoms. The quantitative estimate of drug-likeness (QED) is 0.650. The van der Waals surface area contributed by atoms with Gasteiger partial charge in [0.2, 0.25) is 0 Å². The molecule has 0 aromatic carbocycles. The van der Waals surface area contributed by atoms with Gasteiger partial charge >= 0.3 is 5.97 Å². The van der Waals surface area contributed by atoms with Crippen molar-refractivity contribution >= 4 is 5.97 Å². The molecule has 1 rings (SSSR count). The van der Waals surface area contributed by atoms with Crippen molar-refractivity contribution in [1.29, 1.82) is 0 Å². The van der Waals surface area contributed by atoms with Crippen LogP contribution in [0.4, 0.5) is 0 Å². The molecule has 3 nitrogen and oxygen atoms in total. The Balaban J connectivity index is 2.67. The van der Waals surface area contributed by atoms with Crippen LogP contribution in [-0.4, -0.2) is 24.2 Å². The average Bonchev–Trinajstić information content (AvgIpc) is 2.16. The molecule has 1 fully saturated rings. The lowest BCUT2D eigenvalue weighted by Crippen LogP contribution is -2.41. The highest BCUT2D eigenvalue weighted by Crippen LogP contribution is 2.33. The highest BCUT2D eigenvalue weighted by Gasteiger charge is 2.38. The van der Waals surface area contributed by atoms with E-state index >= 15 is 0 Å². The Morgan fingerprint density at radius 1 is 1.54 bits per heavy atom. The molecule has 1 saturated heterocycles. The van der Waals surface area contributed by atoms with Crippen molar-refractivity contribution < 1.29 is 9.90 Å². The molecule has 2 N–H and O–H groups in total. The van der Waals surface area contributed by atoms with Crippen LogP contribution in [0.5, 0.6) is 0 Å². The zero-order valence-corrected chi connectivity index (χ0v) is 8.05. The summed E-state index contributed by atoms with van der Waals surface area (Å²) < 4.78 is 0. The van der Waals surface area contributed by atoms with Gasteiger partial charge in [-0.1, -0.05) is 12.2 Å². The van der Waals surface area contributed by atoms with Crippen molar-refractivity contribution in [2.24, 2.45) is 5.41 Å². The summed E-state index contributed by atoms with van der Waals surface area (Å²) in [7, 11) is 0. The third kappa shape index (κ3) is 2.31. The maximum Gasteiger partial charge on any atom is 0.310 e. The van der Waals surface area contributed by atoms with E-state index in [2.05, 4.69) is 5.32 Å². The lowest BCUT2D eigenvalue weighted by molar-refractivity contribution is -0.150. The van der Waals surface area contributed by atoms with Crippen LogP contribution in [0.15, 0.2) is 12.2 Å². The summed E-state index contributed by atoms with van der Waals surface area (Å²) in [6, 6.07) is 0. The van der Waals surface area contributed by atoms with E-state index < -0.39 is 11.4 Å². The minimum Gasteiger partial charge on any atom is -0.481 e. The van der Waals surface area contributed by atoms with Gasteiger partial charge in [0.05, 0.1) is 5.41 Å². The highest BCUT2D eigenvalue weighted by atomic mass is 16.4. The van der Waals surface area contributed by atoms with Crippen LogP contribution in [0.2, 0.25) is 0 Å². The molecule has 1 aliphatic rings. The van der Waals surface area contributed by atoms with E-state index in [1.54, 1.807) is 0 Å². The van der Waals surface area contributed by atoms with E-state index in [0.717, 1.165) is 25.9 Å². The number of carbonyl (C=O) groups is 1. The Labute approximate surface area is 78.8 Å². The van der Waals surface area contributed by atoms with E-state index in [-0.39, 0.29) is 0 Å². The predicted octanol–water partition coefficient (Wildman–Crippen LogP) is 1.41. The number of hydrogen-bond donors (Lipinski definition) is 2. The Morgan fingerprint density at radius 2 is 2.15 bits per heavy atom. The van der Waals surface area contributed by atoms with Crippen LogP contribution in [0.25, 0.3) is 0 Å². The van der Waals surface area contributed by atoms with Gasteiger partial charge in [0.25, 0.3) is 0 Å². The molecule has 74 valence electrons. The number of piperidine rings is 1. The van der Waals surface area contributed by atoms with E-state index in [1.165, 1.54) is 0 Å². The molecule has 0 aliphatic carbocycles. The van der Waals surface area contributed by atoms with Gasteiger partial charge in [-0.2, -0.15) is 0 Å². The van der Waals surface area contributed by atoms with Crippen molar-refractivity contribution in [2.45, 2.75) is 26.2 Å². The maximum atomic E-state index is 11.1. The molecule has 0 saturated carbocycles. The van der Waals surface area contributed by atoms with Crippen molar-refractivity contribution in [2.75, 3.05) is 13.1 Å². The normalized spacial score (nSPS) is 21.9. The third-order valence-electron chi connectivity index (χ3n) is 2.76. The Bertz CT molecular complexity index is 205. The molecular formula is C10H17NO2. The SMILES string of the molecule is CC=CCC1(C(=O)O)CCNCC1. The van der Waals surface area contributed by atoms with Crippen molar-refractivity contribution in [3.63, 3.8) is 0 Å². The second-order valence-corrected chi connectivity index (χ2v) is 3.61. The first-order valence-corrected chi connectivity index (χ1v) is 4.76. The second kappa shape index (κ2) is 4.42. The van der Waals surface area contributed by atoms with Crippen LogP contribution in [0.1, 0.15) is 26.2 Å². The standard InChI is InChI=1S/C10H17NO2/c1-2-3-4-10(9(12)13)5-7-11-8-6-10/h2-3,11H,4-8H2,1H3,(H,12,13). The third-order valence-corrected chi connectivity index (χ3v) is 2.76. The van der Waals surface area contributed by atoms with E-state index in [9.17, 15) is 4.79 Å². The smallest absolute Gasteiger partial charge is 0.310 e. The molecule has 0 radical (unpaired) electrons. The zero-order chi connectivity index (χ0) is 9.73. The minimum absolute atomic E-state index is 0.502. The Kier molecular flexibility index (Phi) is 3.48. The maximum absolute atomic E-state index is 11.1. The first-order chi connectivity index (χ1) is 6.21. The molecule has 0 amide bonds. The molecule has 0 aromatic heterocycles. The molecule has 3 heteroatoms. The van der Waals surface area contributed by atoms with Gasteiger partial charge in [-0.05, 0) is 39.3 Å². The first-order valence-electron chi connectivity index (χ1n) is 4.76. The predicted molar refractivity (Wildman–Crippen MR) is 51.6 cm³/mol. The van der Waals surface area contributed by atoms with Crippen LogP contribution in [0, 0.1) is 5.41 Å². The van der Waals surface area contributed by atoms with Gasteiger partial charge in [-0.25, -0.2) is 0 Å². The number of hydrogen-bond acceptors (Lipinski definition) is 2. The molecule has 0 atom stereocenters. The lowest BCUT2D eigenvalue weighted by Gasteiger charge is -2.32. The number of rotatable bonds is 3. The molecule has 0 bridgehead atoms. The zero-order valence-electron chi connectivity index (χ0n) is 8.05. The number of carboxylic acids is 1. The summed E-state index contributed by atoms with van der Waals surface area (Å²) in [4.78, 5) is 11.1. The highest BCUT2D eigenvalue weighted by molar-refractivity contribution is 5.75. The molecule has 1 aliphatic heterocycles. The van der Waals surface area contributed by atoms with E-state index in [1.807, 2.05) is 19.1 Å². The van der Waals surface area contributed by atoms with Gasteiger partial charge in [-0.3, -0.25) is 4.79 Å². The van der Waals surface area contributed by atoms with Gasteiger partial charge < -0.3 is 10.4 Å². The summed E-state index contributed by atoms with van der Waals surface area (Å²) in [6.45, 7) is 3.57. The van der Waals surface area contributed by atoms with Gasteiger partial charge in [0.1, 0.15) is 0 Å². The summed E-state index contributed by atoms with van der Waals surface area (Å²) in [6.07, 6.45) is 6.03. The number of nitrogens with one attached hydrogen (secondary N) is 1. The first kappa shape index (κ1) is 10.3. The van der Waals surface area contributed by atoms with Gasteiger partial charge in [-0.15, -0.1) is 0 Å². The Hall–Kier alpha value is -0.830. The molecule has 1 heterocycles. The van der Waals surface area contributed by atoms with Crippen LogP contribution in [0.3, 0.4) is 0 Å². The number of carboxylic acid groups (broad SMARTS) is 1. The van der Waals surface area contributed by atoms with Crippen molar-refractivity contribution in [1.82, 2.24) is 5.32 Å². The van der Waals surface area contributed by atoms with Crippen LogP contribution in [-0.2, 0) is 4.79 Å². The molecule has 0 aromatic rings. The summed E-state index contributed by atoms with van der Waals surface area (Å²) in [5.41, 5.74) is -0.502. The van der Waals surface area contributed by atoms with Crippen LogP contribution < -0.4 is 5.32 Å². The van der Waals surface area contributed by atoms with Gasteiger partial charge in [0.15, 0.2) is 0 Å². The fraction of sp³-hybridized carbons (Fsp3) is 0.700. The molecule has 0 unspecified atom stereocenters. The van der Waals surface area contributed by atoms with Crippen molar-refractivity contribution in [3.05, 3.63) is 12.2 Å². The molecule has 13 heavy (non-hydrogen) atoms. The van der Waals surface area contributed by atoms with Gasteiger partial charge in [0, 0.05) is 0 Å². The summed E-state index contributed by atoms with van der Waals surface area (Å²) in [5, 5.41) is 12.3. The second-order valence-electron chi connectivity index (χ2n) is 3.61. The topological polar surface area (TPSA) is 49.3 Å². The summed E-state index contributed by atoms with van der Waals surface area (Å²) >= 11 is 0. The van der Waals surface area contributed by atoms with Crippen molar-refractivity contribution in [3.8, 4) is 0 Å². The minimum atomic E-state index is -0.646. The lowest BCUT2D eigenvalue weighted by atomic mass is 9.76. The fourth-order valence-corrected chi connectivity index (χ4v) is 1.75. The monoisotopic (exact) mass is 183 g/mol. The van der Waals surface area contributed by atoms with Crippen LogP contribution >= 0.6 is 0 Å². The number of allylic oxidation sites excluding steroid dienone is 2. The average molecular weight is 183 g/mol. The largest absolute Gasteiger partial charge is 0.481 e.